The third kappa shape index (κ3) is 5.42. The third-order valence-corrected chi connectivity index (χ3v) is 8.10. The topological polar surface area (TPSA) is 46.5 Å². The number of aliphatic hydroxyl groups is 1. The van der Waals surface area contributed by atoms with Gasteiger partial charge in [0.15, 0.2) is 0 Å². The molecule has 1 N–H and O–H groups in total. The zero-order chi connectivity index (χ0) is 20.2. The van der Waals surface area contributed by atoms with E-state index in [0.717, 1.165) is 56.3 Å². The molecule has 0 aliphatic heterocycles. The first-order valence-electron chi connectivity index (χ1n) is 12.1. The van der Waals surface area contributed by atoms with Crippen LogP contribution in [0, 0.1) is 23.7 Å². The fraction of sp³-hybridized carbons (Fsp3) is 0.731. The van der Waals surface area contributed by atoms with E-state index in [0.29, 0.717) is 11.7 Å². The van der Waals surface area contributed by atoms with Crippen LogP contribution in [-0.2, 0) is 4.79 Å². The normalized spacial score (nSPS) is 35.8. The van der Waals surface area contributed by atoms with Gasteiger partial charge in [0.2, 0.25) is 0 Å². The second-order valence-electron chi connectivity index (χ2n) is 10.1. The highest BCUT2D eigenvalue weighted by atomic mass is 16.5. The van der Waals surface area contributed by atoms with Crippen molar-refractivity contribution in [1.82, 2.24) is 0 Å². The number of hydrogen-bond donors (Lipinski definition) is 1. The number of ether oxygens (including phenoxy) is 1. The Kier molecular flexibility index (Phi) is 6.95. The van der Waals surface area contributed by atoms with Crippen LogP contribution in [0.4, 0.5) is 0 Å². The standard InChI is InChI=1S/C26H38O3/c1-18-2-4-19(5-3-18)20-6-8-23(9-7-20)26(28)29-25-16-12-22(13-17-25)21-10-14-24(27)15-11-21/h12-13,16-21,23-24,27H,2-11,14-15H2,1H3. The largest absolute Gasteiger partial charge is 0.426 e. The molecule has 3 aliphatic rings. The van der Waals surface area contributed by atoms with Crippen LogP contribution in [0.15, 0.2) is 24.3 Å². The minimum absolute atomic E-state index is 0.0331. The number of hydrogen-bond acceptors (Lipinski definition) is 3. The highest BCUT2D eigenvalue weighted by Crippen LogP contribution is 2.41. The summed E-state index contributed by atoms with van der Waals surface area (Å²) in [5, 5.41) is 9.68. The molecule has 3 fully saturated rings. The van der Waals surface area contributed by atoms with E-state index in [1.165, 1.54) is 44.1 Å². The second-order valence-corrected chi connectivity index (χ2v) is 10.1. The summed E-state index contributed by atoms with van der Waals surface area (Å²) in [6.45, 7) is 2.38. The van der Waals surface area contributed by atoms with Gasteiger partial charge in [0.25, 0.3) is 0 Å². The monoisotopic (exact) mass is 398 g/mol. The van der Waals surface area contributed by atoms with Crippen molar-refractivity contribution in [2.24, 2.45) is 23.7 Å². The molecule has 0 radical (unpaired) electrons. The number of carbonyl (C=O) groups excluding carboxylic acids is 1. The lowest BCUT2D eigenvalue weighted by atomic mass is 9.69. The van der Waals surface area contributed by atoms with Gasteiger partial charge in [0.05, 0.1) is 12.0 Å². The van der Waals surface area contributed by atoms with Gasteiger partial charge < -0.3 is 9.84 Å². The van der Waals surface area contributed by atoms with Gasteiger partial charge >= 0.3 is 5.97 Å². The maximum Gasteiger partial charge on any atom is 0.314 e. The van der Waals surface area contributed by atoms with Crippen LogP contribution in [0.2, 0.25) is 0 Å². The quantitative estimate of drug-likeness (QED) is 0.482. The summed E-state index contributed by atoms with van der Waals surface area (Å²) in [4.78, 5) is 12.7. The third-order valence-electron chi connectivity index (χ3n) is 8.10. The molecule has 0 saturated heterocycles. The molecule has 0 spiro atoms. The Hall–Kier alpha value is -1.35. The Morgan fingerprint density at radius 2 is 1.34 bits per heavy atom. The molecular formula is C26H38O3. The zero-order valence-electron chi connectivity index (χ0n) is 18.0. The molecule has 0 amide bonds. The molecule has 29 heavy (non-hydrogen) atoms. The van der Waals surface area contributed by atoms with E-state index in [1.807, 2.05) is 12.1 Å². The molecule has 3 nitrogen and oxygen atoms in total. The maximum atomic E-state index is 12.7. The number of carbonyl (C=O) groups is 1. The maximum absolute atomic E-state index is 12.7. The summed E-state index contributed by atoms with van der Waals surface area (Å²) in [5.74, 6) is 3.90. The molecule has 160 valence electrons. The van der Waals surface area contributed by atoms with Crippen molar-refractivity contribution in [1.29, 1.82) is 0 Å². The average Bonchev–Trinajstić information content (AvgIpc) is 2.76. The van der Waals surface area contributed by atoms with E-state index in [4.69, 9.17) is 4.74 Å². The molecule has 1 aromatic carbocycles. The summed E-state index contributed by atoms with van der Waals surface area (Å²) in [6, 6.07) is 8.11. The lowest BCUT2D eigenvalue weighted by Gasteiger charge is -2.36. The first kappa shape index (κ1) is 20.9. The Balaban J connectivity index is 1.23. The van der Waals surface area contributed by atoms with Crippen LogP contribution in [0.1, 0.15) is 95.5 Å². The first-order chi connectivity index (χ1) is 14.1. The SMILES string of the molecule is CC1CCC(C2CCC(C(=O)Oc3ccc(C4CCC(O)CC4)cc3)CC2)CC1. The number of esters is 1. The van der Waals surface area contributed by atoms with E-state index < -0.39 is 0 Å². The summed E-state index contributed by atoms with van der Waals surface area (Å²) in [6.07, 6.45) is 13.7. The van der Waals surface area contributed by atoms with Crippen molar-refractivity contribution in [3.63, 3.8) is 0 Å². The first-order valence-corrected chi connectivity index (χ1v) is 12.1. The molecule has 0 unspecified atom stereocenters. The second kappa shape index (κ2) is 9.64. The predicted molar refractivity (Wildman–Crippen MR) is 116 cm³/mol. The van der Waals surface area contributed by atoms with Crippen molar-refractivity contribution in [2.75, 3.05) is 0 Å². The van der Waals surface area contributed by atoms with Crippen LogP contribution in [0.25, 0.3) is 0 Å². The smallest absolute Gasteiger partial charge is 0.314 e. The van der Waals surface area contributed by atoms with Crippen LogP contribution in [0.5, 0.6) is 5.75 Å². The van der Waals surface area contributed by atoms with Gasteiger partial charge in [-0.2, -0.15) is 0 Å². The van der Waals surface area contributed by atoms with Crippen LogP contribution in [-0.4, -0.2) is 17.2 Å². The fourth-order valence-corrected chi connectivity index (χ4v) is 6.00. The Bertz CT molecular complexity index is 643. The van der Waals surface area contributed by atoms with Gasteiger partial charge in [-0.1, -0.05) is 31.9 Å². The Labute approximate surface area is 176 Å². The molecule has 3 aliphatic carbocycles. The van der Waals surface area contributed by atoms with Crippen LogP contribution < -0.4 is 4.74 Å². The number of rotatable bonds is 4. The molecule has 0 atom stereocenters. The minimum atomic E-state index is -0.122. The van der Waals surface area contributed by atoms with E-state index in [1.54, 1.807) is 0 Å². The zero-order valence-corrected chi connectivity index (χ0v) is 18.0. The van der Waals surface area contributed by atoms with Gasteiger partial charge in [0, 0.05) is 0 Å². The van der Waals surface area contributed by atoms with Gasteiger partial charge in [-0.05, 0) is 106 Å². The summed E-state index contributed by atoms with van der Waals surface area (Å²) < 4.78 is 5.73. The van der Waals surface area contributed by atoms with Crippen molar-refractivity contribution in [3.8, 4) is 5.75 Å². The van der Waals surface area contributed by atoms with E-state index in [2.05, 4.69) is 19.1 Å². The molecule has 3 saturated carbocycles. The number of aliphatic hydroxyl groups excluding tert-OH is 1. The Morgan fingerprint density at radius 3 is 1.93 bits per heavy atom. The molecule has 0 heterocycles. The average molecular weight is 399 g/mol. The van der Waals surface area contributed by atoms with Gasteiger partial charge in [0.1, 0.15) is 5.75 Å². The summed E-state index contributed by atoms with van der Waals surface area (Å²) in [7, 11) is 0. The lowest BCUT2D eigenvalue weighted by molar-refractivity contribution is -0.140. The highest BCUT2D eigenvalue weighted by molar-refractivity contribution is 5.75. The van der Waals surface area contributed by atoms with Gasteiger partial charge in [-0.25, -0.2) is 0 Å². The molecule has 0 aromatic heterocycles. The molecule has 4 rings (SSSR count). The van der Waals surface area contributed by atoms with Crippen LogP contribution in [0.3, 0.4) is 0 Å². The van der Waals surface area contributed by atoms with Crippen molar-refractivity contribution in [3.05, 3.63) is 29.8 Å². The van der Waals surface area contributed by atoms with Gasteiger partial charge in [-0.15, -0.1) is 0 Å². The van der Waals surface area contributed by atoms with E-state index in [9.17, 15) is 9.90 Å². The van der Waals surface area contributed by atoms with Crippen molar-refractivity contribution in [2.45, 2.75) is 96.0 Å². The molecular weight excluding hydrogens is 360 g/mol. The van der Waals surface area contributed by atoms with Crippen molar-refractivity contribution < 1.29 is 14.6 Å². The fourth-order valence-electron chi connectivity index (χ4n) is 6.00. The predicted octanol–water partition coefficient (Wildman–Crippen LogP) is 6.24. The van der Waals surface area contributed by atoms with Crippen LogP contribution >= 0.6 is 0 Å². The summed E-state index contributed by atoms with van der Waals surface area (Å²) >= 11 is 0. The minimum Gasteiger partial charge on any atom is -0.426 e. The van der Waals surface area contributed by atoms with E-state index in [-0.39, 0.29) is 18.0 Å². The van der Waals surface area contributed by atoms with Crippen molar-refractivity contribution >= 4 is 5.97 Å². The molecule has 1 aromatic rings. The molecule has 3 heteroatoms. The lowest BCUT2D eigenvalue weighted by Crippen LogP contribution is -2.29. The van der Waals surface area contributed by atoms with E-state index >= 15 is 0 Å². The van der Waals surface area contributed by atoms with Gasteiger partial charge in [-0.3, -0.25) is 4.79 Å². The summed E-state index contributed by atoms with van der Waals surface area (Å²) in [5.41, 5.74) is 1.30. The highest BCUT2D eigenvalue weighted by Gasteiger charge is 2.33. The number of benzene rings is 1. The molecule has 0 bridgehead atoms. The Morgan fingerprint density at radius 1 is 0.793 bits per heavy atom.